The van der Waals surface area contributed by atoms with Crippen LogP contribution < -0.4 is 5.32 Å². The molecular formula is C70H135NO13. The molecule has 0 aromatic carbocycles. The van der Waals surface area contributed by atoms with Gasteiger partial charge in [0.25, 0.3) is 0 Å². The number of allylic oxidation sites excluding steroid dienone is 2. The van der Waals surface area contributed by atoms with Gasteiger partial charge in [0.2, 0.25) is 5.91 Å². The SMILES string of the molecule is CCCCCCCCCC/C=C\CCCCCCCCCCCCCCCCCCCCCCCCCCCC(=O)NC(COC1OC(CO)C(OC2OC(CO)C(O)C(O)C2O)C(O)C1O)C(O)CCCCCCCCCCCCCCC. The van der Waals surface area contributed by atoms with Crippen LogP contribution in [-0.2, 0) is 23.7 Å². The lowest BCUT2D eigenvalue weighted by Gasteiger charge is -2.46. The van der Waals surface area contributed by atoms with Crippen LogP contribution in [0.2, 0.25) is 0 Å². The molecule has 0 aliphatic carbocycles. The van der Waals surface area contributed by atoms with Gasteiger partial charge in [0, 0.05) is 6.42 Å². The molecule has 2 fully saturated rings. The van der Waals surface area contributed by atoms with Crippen LogP contribution in [0.4, 0.5) is 0 Å². The largest absolute Gasteiger partial charge is 0.394 e. The molecule has 0 radical (unpaired) electrons. The molecule has 2 saturated heterocycles. The van der Waals surface area contributed by atoms with Gasteiger partial charge in [-0.2, -0.15) is 0 Å². The van der Waals surface area contributed by atoms with Gasteiger partial charge in [0.15, 0.2) is 12.6 Å². The zero-order valence-electron chi connectivity index (χ0n) is 54.2. The van der Waals surface area contributed by atoms with Crippen molar-refractivity contribution in [1.29, 1.82) is 0 Å². The van der Waals surface area contributed by atoms with Crippen LogP contribution in [0.15, 0.2) is 12.2 Å². The molecule has 14 nitrogen and oxygen atoms in total. The van der Waals surface area contributed by atoms with Crippen molar-refractivity contribution in [2.45, 2.75) is 408 Å². The number of aliphatic hydroxyl groups is 8. The third kappa shape index (κ3) is 39.7. The first kappa shape index (κ1) is 78.8. The fourth-order valence-electron chi connectivity index (χ4n) is 12.2. The van der Waals surface area contributed by atoms with Gasteiger partial charge in [0.05, 0.1) is 32.0 Å². The predicted molar refractivity (Wildman–Crippen MR) is 342 cm³/mol. The van der Waals surface area contributed by atoms with Crippen molar-refractivity contribution < 1.29 is 64.6 Å². The second kappa shape index (κ2) is 55.8. The Hall–Kier alpha value is -1.27. The number of amides is 1. The maximum absolute atomic E-state index is 13.3. The van der Waals surface area contributed by atoms with E-state index in [1.165, 1.54) is 257 Å². The van der Waals surface area contributed by atoms with Crippen LogP contribution in [0.5, 0.6) is 0 Å². The molecule has 2 aliphatic rings. The minimum atomic E-state index is -1.78. The van der Waals surface area contributed by atoms with E-state index in [0.717, 1.165) is 51.4 Å². The number of aliphatic hydroxyl groups excluding tert-OH is 8. The highest BCUT2D eigenvalue weighted by molar-refractivity contribution is 5.76. The zero-order chi connectivity index (χ0) is 60.9. The monoisotopic (exact) mass is 1200 g/mol. The molecule has 1 amide bonds. The molecule has 0 aromatic rings. The highest BCUT2D eigenvalue weighted by Gasteiger charge is 2.51. The molecule has 2 rings (SSSR count). The Kier molecular flexibility index (Phi) is 52.3. The van der Waals surface area contributed by atoms with E-state index in [9.17, 15) is 45.6 Å². The smallest absolute Gasteiger partial charge is 0.220 e. The van der Waals surface area contributed by atoms with Gasteiger partial charge in [0.1, 0.15) is 48.8 Å². The molecule has 14 heteroatoms. The molecule has 2 heterocycles. The number of hydrogen-bond donors (Lipinski definition) is 9. The maximum Gasteiger partial charge on any atom is 0.220 e. The van der Waals surface area contributed by atoms with Crippen LogP contribution in [0.3, 0.4) is 0 Å². The normalized spacial score (nSPS) is 23.6. The van der Waals surface area contributed by atoms with Crippen molar-refractivity contribution in [3.05, 3.63) is 12.2 Å². The molecule has 2 aliphatic heterocycles. The lowest BCUT2D eigenvalue weighted by atomic mass is 9.97. The average Bonchev–Trinajstić information content (AvgIpc) is 2.58. The molecule has 84 heavy (non-hydrogen) atoms. The van der Waals surface area contributed by atoms with Crippen LogP contribution >= 0.6 is 0 Å². The summed E-state index contributed by atoms with van der Waals surface area (Å²) in [5.74, 6) is -0.200. The van der Waals surface area contributed by atoms with E-state index in [-0.39, 0.29) is 12.5 Å². The molecule has 9 N–H and O–H groups in total. The van der Waals surface area contributed by atoms with E-state index >= 15 is 0 Å². The minimum Gasteiger partial charge on any atom is -0.394 e. The number of hydrogen-bond acceptors (Lipinski definition) is 13. The molecule has 12 atom stereocenters. The van der Waals surface area contributed by atoms with Gasteiger partial charge in [-0.05, 0) is 38.5 Å². The van der Waals surface area contributed by atoms with Gasteiger partial charge in [-0.3, -0.25) is 4.79 Å². The second-order valence-corrected chi connectivity index (χ2v) is 25.7. The Morgan fingerprint density at radius 1 is 0.417 bits per heavy atom. The third-order valence-corrected chi connectivity index (χ3v) is 18.0. The molecule has 0 spiro atoms. The van der Waals surface area contributed by atoms with E-state index < -0.39 is 86.8 Å². The molecular weight excluding hydrogens is 1060 g/mol. The van der Waals surface area contributed by atoms with Gasteiger partial charge < -0.3 is 65.1 Å². The Labute approximate surface area is 514 Å². The Morgan fingerprint density at radius 2 is 0.750 bits per heavy atom. The van der Waals surface area contributed by atoms with Gasteiger partial charge in [-0.15, -0.1) is 0 Å². The van der Waals surface area contributed by atoms with E-state index in [2.05, 4.69) is 31.3 Å². The fourth-order valence-corrected chi connectivity index (χ4v) is 12.2. The predicted octanol–water partition coefficient (Wildman–Crippen LogP) is 14.6. The summed E-state index contributed by atoms with van der Waals surface area (Å²) < 4.78 is 22.9. The summed E-state index contributed by atoms with van der Waals surface area (Å²) in [4.78, 5) is 13.3. The minimum absolute atomic E-state index is 0.200. The lowest BCUT2D eigenvalue weighted by molar-refractivity contribution is -0.359. The lowest BCUT2D eigenvalue weighted by Crippen LogP contribution is -2.65. The number of unbranched alkanes of at least 4 members (excludes halogenated alkanes) is 45. The molecule has 12 unspecified atom stereocenters. The summed E-state index contributed by atoms with van der Waals surface area (Å²) in [6.45, 7) is 2.90. The van der Waals surface area contributed by atoms with Gasteiger partial charge in [-0.1, -0.05) is 302 Å². The number of nitrogens with one attached hydrogen (secondary N) is 1. The molecule has 0 saturated carbocycles. The standard InChI is InChI=1S/C70H135NO13/c1-3-5-7-9-11-13-15-17-18-19-20-21-22-23-24-25-26-27-28-29-30-31-32-33-34-35-36-37-38-39-40-42-44-46-48-50-52-54-62(75)71-58(59(74)53-51-49-47-45-43-41-16-14-12-10-8-6-4-2)57-81-69-67(80)65(78)68(61(56-73)83-69)84-70-66(79)64(77)63(76)60(55-72)82-70/h19-20,58-61,63-70,72-74,76-80H,3-18,21-57H2,1-2H3,(H,71,75)/b20-19-. The quantitative estimate of drug-likeness (QED) is 0.0204. The van der Waals surface area contributed by atoms with Gasteiger partial charge >= 0.3 is 0 Å². The second-order valence-electron chi connectivity index (χ2n) is 25.7. The number of ether oxygens (including phenoxy) is 4. The Bertz CT molecular complexity index is 1460. The third-order valence-electron chi connectivity index (χ3n) is 18.0. The summed E-state index contributed by atoms with van der Waals surface area (Å²) in [7, 11) is 0. The van der Waals surface area contributed by atoms with E-state index in [1.807, 2.05) is 0 Å². The van der Waals surface area contributed by atoms with Crippen LogP contribution in [-0.4, -0.2) is 140 Å². The summed E-state index contributed by atoms with van der Waals surface area (Å²) in [6, 6.07) is -0.824. The zero-order valence-corrected chi connectivity index (χ0v) is 54.2. The van der Waals surface area contributed by atoms with Crippen molar-refractivity contribution in [2.24, 2.45) is 0 Å². The summed E-state index contributed by atoms with van der Waals surface area (Å²) in [5, 5.41) is 87.4. The van der Waals surface area contributed by atoms with E-state index in [4.69, 9.17) is 18.9 Å². The van der Waals surface area contributed by atoms with Crippen molar-refractivity contribution in [1.82, 2.24) is 5.32 Å². The molecule has 0 bridgehead atoms. The van der Waals surface area contributed by atoms with Crippen LogP contribution in [0.1, 0.15) is 335 Å². The number of carbonyl (C=O) groups is 1. The first-order valence-corrected chi connectivity index (χ1v) is 35.9. The summed E-state index contributed by atoms with van der Waals surface area (Å²) in [6.07, 6.45) is 51.2. The highest BCUT2D eigenvalue weighted by atomic mass is 16.7. The summed E-state index contributed by atoms with van der Waals surface area (Å²) in [5.41, 5.74) is 0. The molecule has 498 valence electrons. The first-order valence-electron chi connectivity index (χ1n) is 35.9. The average molecular weight is 1200 g/mol. The number of rotatable bonds is 60. The van der Waals surface area contributed by atoms with Gasteiger partial charge in [-0.25, -0.2) is 0 Å². The van der Waals surface area contributed by atoms with Crippen molar-refractivity contribution in [2.75, 3.05) is 19.8 Å². The Morgan fingerprint density at radius 3 is 1.13 bits per heavy atom. The van der Waals surface area contributed by atoms with Crippen LogP contribution in [0.25, 0.3) is 0 Å². The maximum atomic E-state index is 13.3. The van der Waals surface area contributed by atoms with Crippen molar-refractivity contribution in [3.63, 3.8) is 0 Å². The first-order chi connectivity index (χ1) is 41.1. The molecule has 0 aromatic heterocycles. The number of carbonyl (C=O) groups excluding carboxylic acids is 1. The van der Waals surface area contributed by atoms with Crippen molar-refractivity contribution in [3.8, 4) is 0 Å². The topological polar surface area (TPSA) is 228 Å². The summed E-state index contributed by atoms with van der Waals surface area (Å²) >= 11 is 0. The fraction of sp³-hybridized carbons (Fsp3) is 0.957. The van der Waals surface area contributed by atoms with Crippen molar-refractivity contribution >= 4 is 5.91 Å². The highest BCUT2D eigenvalue weighted by Crippen LogP contribution is 2.30. The Balaban J connectivity index is 1.55. The van der Waals surface area contributed by atoms with E-state index in [0.29, 0.717) is 12.8 Å². The van der Waals surface area contributed by atoms with Crippen LogP contribution in [0, 0.1) is 0 Å². The van der Waals surface area contributed by atoms with E-state index in [1.54, 1.807) is 0 Å².